The number of piperidine rings is 1. The number of hydrogen-bond donors (Lipinski definition) is 2. The van der Waals surface area contributed by atoms with E-state index < -0.39 is 0 Å². The minimum atomic E-state index is 0.147. The summed E-state index contributed by atoms with van der Waals surface area (Å²) in [7, 11) is 0. The van der Waals surface area contributed by atoms with Crippen molar-refractivity contribution in [1.82, 2.24) is 4.90 Å². The van der Waals surface area contributed by atoms with Crippen molar-refractivity contribution in [1.29, 1.82) is 0 Å². The molecule has 1 aliphatic heterocycles. The predicted molar refractivity (Wildman–Crippen MR) is 89.1 cm³/mol. The van der Waals surface area contributed by atoms with Gasteiger partial charge in [-0.2, -0.15) is 0 Å². The fraction of sp³-hybridized carbons (Fsp3) is 0.579. The first-order chi connectivity index (χ1) is 10.5. The maximum Gasteiger partial charge on any atom is 0.115 e. The summed E-state index contributed by atoms with van der Waals surface area (Å²) < 4.78 is 0. The van der Waals surface area contributed by atoms with Crippen molar-refractivity contribution in [3.63, 3.8) is 0 Å². The van der Waals surface area contributed by atoms with Gasteiger partial charge in [-0.05, 0) is 60.9 Å². The zero-order valence-corrected chi connectivity index (χ0v) is 13.8. The quantitative estimate of drug-likeness (QED) is 0.844. The summed E-state index contributed by atoms with van der Waals surface area (Å²) in [4.78, 5) is 2.56. The lowest BCUT2D eigenvalue weighted by Gasteiger charge is -2.54. The van der Waals surface area contributed by atoms with Crippen molar-refractivity contribution < 1.29 is 10.2 Å². The van der Waals surface area contributed by atoms with Crippen LogP contribution in [0.15, 0.2) is 29.8 Å². The van der Waals surface area contributed by atoms with E-state index in [-0.39, 0.29) is 12.0 Å². The van der Waals surface area contributed by atoms with Gasteiger partial charge in [0.15, 0.2) is 0 Å². The summed E-state index contributed by atoms with van der Waals surface area (Å²) in [5.41, 5.74) is 3.93. The van der Waals surface area contributed by atoms with Gasteiger partial charge in [-0.25, -0.2) is 0 Å². The lowest BCUT2D eigenvalue weighted by atomic mass is 9.59. The number of likely N-dealkylation sites (tertiary alicyclic amines) is 1. The fourth-order valence-corrected chi connectivity index (χ4v) is 4.26. The lowest BCUT2D eigenvalue weighted by Crippen LogP contribution is -2.57. The number of phenolic OH excluding ortho intramolecular Hbond substituents is 1. The van der Waals surface area contributed by atoms with Crippen LogP contribution in [0.3, 0.4) is 0 Å². The summed E-state index contributed by atoms with van der Waals surface area (Å²) >= 11 is 0. The second-order valence-corrected chi connectivity index (χ2v) is 7.27. The highest BCUT2D eigenvalue weighted by Crippen LogP contribution is 2.49. The fourth-order valence-electron chi connectivity index (χ4n) is 4.26. The number of hydrogen-bond acceptors (Lipinski definition) is 3. The Labute approximate surface area is 133 Å². The van der Waals surface area contributed by atoms with E-state index in [9.17, 15) is 10.2 Å². The van der Waals surface area contributed by atoms with E-state index in [0.29, 0.717) is 17.7 Å². The summed E-state index contributed by atoms with van der Waals surface area (Å²) in [6, 6.07) is 6.43. The second kappa shape index (κ2) is 5.71. The molecule has 0 radical (unpaired) electrons. The zero-order valence-electron chi connectivity index (χ0n) is 13.8. The van der Waals surface area contributed by atoms with Crippen molar-refractivity contribution in [2.45, 2.75) is 45.1 Å². The van der Waals surface area contributed by atoms with Gasteiger partial charge < -0.3 is 10.2 Å². The van der Waals surface area contributed by atoms with Crippen LogP contribution < -0.4 is 0 Å². The van der Waals surface area contributed by atoms with Gasteiger partial charge in [-0.15, -0.1) is 0 Å². The van der Waals surface area contributed by atoms with Gasteiger partial charge in [0, 0.05) is 12.6 Å². The maximum absolute atomic E-state index is 9.87. The maximum atomic E-state index is 9.87. The van der Waals surface area contributed by atoms with E-state index in [0.717, 1.165) is 31.5 Å². The average Bonchev–Trinajstić information content (AvgIpc) is 2.50. The molecule has 3 atom stereocenters. The first-order valence-electron chi connectivity index (χ1n) is 8.28. The Morgan fingerprint density at radius 1 is 1.45 bits per heavy atom. The topological polar surface area (TPSA) is 43.7 Å². The molecule has 2 bridgehead atoms. The van der Waals surface area contributed by atoms with Crippen LogP contribution >= 0.6 is 0 Å². The molecule has 0 spiro atoms. The summed E-state index contributed by atoms with van der Waals surface area (Å²) in [6.45, 7) is 8.84. The van der Waals surface area contributed by atoms with Crippen LogP contribution in [0, 0.1) is 5.92 Å². The largest absolute Gasteiger partial charge is 0.508 e. The summed E-state index contributed by atoms with van der Waals surface area (Å²) in [5.74, 6) is 0.952. The van der Waals surface area contributed by atoms with Crippen LogP contribution in [0.1, 0.15) is 38.3 Å². The molecule has 0 amide bonds. The second-order valence-electron chi connectivity index (χ2n) is 7.27. The van der Waals surface area contributed by atoms with Crippen molar-refractivity contribution in [2.75, 3.05) is 19.7 Å². The molecule has 0 unspecified atom stereocenters. The molecule has 1 fully saturated rings. The first kappa shape index (κ1) is 15.6. The number of benzene rings is 1. The minimum absolute atomic E-state index is 0.147. The van der Waals surface area contributed by atoms with E-state index in [1.807, 2.05) is 19.1 Å². The molecular weight excluding hydrogens is 274 g/mol. The van der Waals surface area contributed by atoms with Crippen molar-refractivity contribution in [3.05, 3.63) is 41.0 Å². The third-order valence-corrected chi connectivity index (χ3v) is 6.03. The van der Waals surface area contributed by atoms with Crippen LogP contribution in [0.2, 0.25) is 0 Å². The predicted octanol–water partition coefficient (Wildman–Crippen LogP) is 2.86. The third-order valence-electron chi connectivity index (χ3n) is 6.03. The number of aliphatic hydroxyl groups is 1. The molecular formula is C19H27NO2. The summed E-state index contributed by atoms with van der Waals surface area (Å²) in [6.07, 6.45) is 4.33. The molecule has 3 heteroatoms. The SMILES string of the molecule is C/C(=C\CN1CC[C@@]2(C)c3cc(O)ccc3C[C@@H]1[C@@H]2C)CO. The highest BCUT2D eigenvalue weighted by molar-refractivity contribution is 5.44. The molecule has 2 aliphatic rings. The van der Waals surface area contributed by atoms with Gasteiger partial charge in [0.2, 0.25) is 0 Å². The Bertz CT molecular complexity index is 595. The van der Waals surface area contributed by atoms with Crippen molar-refractivity contribution in [2.24, 2.45) is 5.92 Å². The Kier molecular flexibility index (Phi) is 4.04. The van der Waals surface area contributed by atoms with Gasteiger partial charge in [0.1, 0.15) is 5.75 Å². The number of phenols is 1. The highest BCUT2D eigenvalue weighted by atomic mass is 16.3. The van der Waals surface area contributed by atoms with E-state index in [2.05, 4.69) is 30.9 Å². The Morgan fingerprint density at radius 2 is 2.23 bits per heavy atom. The average molecular weight is 301 g/mol. The standard InChI is InChI=1S/C19H27NO2/c1-13(12-21)6-8-20-9-7-19(3)14(2)18(20)10-15-4-5-16(22)11-17(15)19/h4-6,11,14,18,21-22H,7-10,12H2,1-3H3/b13-6+/t14-,18+,19+/m0/s1. The molecule has 1 aromatic rings. The third kappa shape index (κ3) is 2.46. The Balaban J connectivity index is 1.91. The Morgan fingerprint density at radius 3 is 2.95 bits per heavy atom. The van der Waals surface area contributed by atoms with Crippen LogP contribution in [-0.2, 0) is 11.8 Å². The van der Waals surface area contributed by atoms with Crippen LogP contribution in [0.5, 0.6) is 5.75 Å². The smallest absolute Gasteiger partial charge is 0.115 e. The van der Waals surface area contributed by atoms with Gasteiger partial charge in [0.05, 0.1) is 6.61 Å². The number of fused-ring (bicyclic) bond motifs is 4. The molecule has 22 heavy (non-hydrogen) atoms. The molecule has 1 heterocycles. The molecule has 3 rings (SSSR count). The van der Waals surface area contributed by atoms with Crippen molar-refractivity contribution in [3.8, 4) is 5.75 Å². The number of rotatable bonds is 3. The van der Waals surface area contributed by atoms with Gasteiger partial charge in [-0.1, -0.05) is 31.6 Å². The molecule has 120 valence electrons. The molecule has 1 saturated heterocycles. The molecule has 1 aliphatic carbocycles. The first-order valence-corrected chi connectivity index (χ1v) is 8.28. The molecule has 0 aromatic heterocycles. The van der Waals surface area contributed by atoms with Gasteiger partial charge in [-0.3, -0.25) is 4.90 Å². The number of aromatic hydroxyl groups is 1. The monoisotopic (exact) mass is 301 g/mol. The van der Waals surface area contributed by atoms with Crippen LogP contribution in [0.25, 0.3) is 0 Å². The molecule has 0 saturated carbocycles. The van der Waals surface area contributed by atoms with E-state index in [1.165, 1.54) is 11.1 Å². The molecule has 3 nitrogen and oxygen atoms in total. The van der Waals surface area contributed by atoms with Crippen LogP contribution in [-0.4, -0.2) is 40.9 Å². The van der Waals surface area contributed by atoms with E-state index in [1.54, 1.807) is 0 Å². The van der Waals surface area contributed by atoms with Gasteiger partial charge in [0.25, 0.3) is 0 Å². The highest BCUT2D eigenvalue weighted by Gasteiger charge is 2.48. The van der Waals surface area contributed by atoms with E-state index >= 15 is 0 Å². The van der Waals surface area contributed by atoms with Gasteiger partial charge >= 0.3 is 0 Å². The van der Waals surface area contributed by atoms with Crippen LogP contribution in [0.4, 0.5) is 0 Å². The van der Waals surface area contributed by atoms with Crippen molar-refractivity contribution >= 4 is 0 Å². The lowest BCUT2D eigenvalue weighted by molar-refractivity contribution is 0.0396. The number of nitrogens with zero attached hydrogens (tertiary/aromatic N) is 1. The number of aliphatic hydroxyl groups excluding tert-OH is 1. The Hall–Kier alpha value is -1.32. The zero-order chi connectivity index (χ0) is 15.9. The van der Waals surface area contributed by atoms with E-state index in [4.69, 9.17) is 0 Å². The normalized spacial score (nSPS) is 31.9. The minimum Gasteiger partial charge on any atom is -0.508 e. The summed E-state index contributed by atoms with van der Waals surface area (Å²) in [5, 5.41) is 19.0. The molecule has 1 aromatic carbocycles. The molecule has 2 N–H and O–H groups in total.